The second kappa shape index (κ2) is 9.40. The zero-order valence-corrected chi connectivity index (χ0v) is 15.8. The van der Waals surface area contributed by atoms with Crippen molar-refractivity contribution < 1.29 is 9.13 Å². The summed E-state index contributed by atoms with van der Waals surface area (Å²) in [5.41, 5.74) is 5.43. The van der Waals surface area contributed by atoms with Crippen molar-refractivity contribution in [2.24, 2.45) is 5.10 Å². The Morgan fingerprint density at radius 2 is 1.63 bits per heavy atom. The van der Waals surface area contributed by atoms with Crippen LogP contribution in [-0.2, 0) is 13.2 Å². The average Bonchev–Trinajstić information content (AvgIpc) is 2.67. The lowest BCUT2D eigenvalue weighted by atomic mass is 10.2. The van der Waals surface area contributed by atoms with Gasteiger partial charge in [0.05, 0.1) is 12.8 Å². The molecule has 0 bridgehead atoms. The fourth-order valence-corrected chi connectivity index (χ4v) is 2.93. The minimum atomic E-state index is -0.268. The first kappa shape index (κ1) is 19.2. The van der Waals surface area contributed by atoms with Gasteiger partial charge in [0.2, 0.25) is 0 Å². The van der Waals surface area contributed by atoms with Crippen molar-refractivity contribution >= 4 is 29.4 Å². The lowest BCUT2D eigenvalue weighted by Gasteiger charge is -2.09. The highest BCUT2D eigenvalue weighted by Gasteiger charge is 2.05. The van der Waals surface area contributed by atoms with E-state index < -0.39 is 0 Å². The van der Waals surface area contributed by atoms with Crippen molar-refractivity contribution in [3.63, 3.8) is 0 Å². The Bertz CT molecular complexity index is 909. The SMILES string of the molecule is Fc1ccc(COc2ccccc2/C=N/NCc2c(Cl)cccc2Cl)cc1. The minimum Gasteiger partial charge on any atom is -0.488 e. The van der Waals surface area contributed by atoms with Gasteiger partial charge in [-0.25, -0.2) is 4.39 Å². The monoisotopic (exact) mass is 402 g/mol. The van der Waals surface area contributed by atoms with Gasteiger partial charge < -0.3 is 10.2 Å². The van der Waals surface area contributed by atoms with Crippen LogP contribution in [0.3, 0.4) is 0 Å². The van der Waals surface area contributed by atoms with E-state index in [1.165, 1.54) is 12.1 Å². The van der Waals surface area contributed by atoms with E-state index in [0.717, 1.165) is 16.7 Å². The molecule has 0 heterocycles. The molecular formula is C21H17Cl2FN2O. The number of hydrazone groups is 1. The predicted molar refractivity (Wildman–Crippen MR) is 108 cm³/mol. The van der Waals surface area contributed by atoms with Crippen LogP contribution in [0.4, 0.5) is 4.39 Å². The molecule has 0 aliphatic carbocycles. The summed E-state index contributed by atoms with van der Waals surface area (Å²) in [4.78, 5) is 0. The lowest BCUT2D eigenvalue weighted by molar-refractivity contribution is 0.305. The first-order chi connectivity index (χ1) is 13.1. The Kier molecular flexibility index (Phi) is 6.69. The molecule has 3 rings (SSSR count). The summed E-state index contributed by atoms with van der Waals surface area (Å²) < 4.78 is 18.8. The topological polar surface area (TPSA) is 33.6 Å². The third-order valence-corrected chi connectivity index (χ3v) is 4.55. The highest BCUT2D eigenvalue weighted by Crippen LogP contribution is 2.24. The number of halogens is 3. The van der Waals surface area contributed by atoms with Crippen LogP contribution >= 0.6 is 23.2 Å². The summed E-state index contributed by atoms with van der Waals surface area (Å²) in [5.74, 6) is 0.416. The zero-order valence-electron chi connectivity index (χ0n) is 14.3. The molecule has 0 radical (unpaired) electrons. The van der Waals surface area contributed by atoms with Gasteiger partial charge in [0.15, 0.2) is 0 Å². The van der Waals surface area contributed by atoms with Gasteiger partial charge in [-0.2, -0.15) is 5.10 Å². The Morgan fingerprint density at radius 1 is 0.926 bits per heavy atom. The first-order valence-corrected chi connectivity index (χ1v) is 9.04. The maximum absolute atomic E-state index is 13.0. The van der Waals surface area contributed by atoms with Crippen LogP contribution in [0.2, 0.25) is 10.0 Å². The third-order valence-electron chi connectivity index (χ3n) is 3.84. The van der Waals surface area contributed by atoms with Crippen molar-refractivity contribution in [1.82, 2.24) is 5.43 Å². The van der Waals surface area contributed by atoms with E-state index in [-0.39, 0.29) is 5.82 Å². The van der Waals surface area contributed by atoms with Crippen molar-refractivity contribution in [3.05, 3.63) is 99.3 Å². The maximum atomic E-state index is 13.0. The molecule has 138 valence electrons. The normalized spacial score (nSPS) is 10.9. The minimum absolute atomic E-state index is 0.268. The van der Waals surface area contributed by atoms with Gasteiger partial charge in [-0.3, -0.25) is 0 Å². The number of benzene rings is 3. The number of nitrogens with zero attached hydrogens (tertiary/aromatic N) is 1. The second-order valence-corrected chi connectivity index (χ2v) is 6.56. The first-order valence-electron chi connectivity index (χ1n) is 8.28. The molecule has 0 atom stereocenters. The van der Waals surface area contributed by atoms with Gasteiger partial charge >= 0.3 is 0 Å². The molecule has 1 N–H and O–H groups in total. The summed E-state index contributed by atoms with van der Waals surface area (Å²) >= 11 is 12.3. The third kappa shape index (κ3) is 5.46. The van der Waals surface area contributed by atoms with Crippen molar-refractivity contribution in [2.75, 3.05) is 0 Å². The van der Waals surface area contributed by atoms with E-state index >= 15 is 0 Å². The Morgan fingerprint density at radius 3 is 2.37 bits per heavy atom. The smallest absolute Gasteiger partial charge is 0.128 e. The van der Waals surface area contributed by atoms with Gasteiger partial charge in [0.1, 0.15) is 18.2 Å². The fourth-order valence-electron chi connectivity index (χ4n) is 2.40. The van der Waals surface area contributed by atoms with Crippen LogP contribution < -0.4 is 10.2 Å². The molecule has 0 saturated carbocycles. The zero-order chi connectivity index (χ0) is 19.1. The van der Waals surface area contributed by atoms with Crippen LogP contribution in [0.25, 0.3) is 0 Å². The van der Waals surface area contributed by atoms with E-state index in [0.29, 0.717) is 28.9 Å². The molecule has 3 nitrogen and oxygen atoms in total. The highest BCUT2D eigenvalue weighted by atomic mass is 35.5. The van der Waals surface area contributed by atoms with E-state index in [2.05, 4.69) is 10.5 Å². The van der Waals surface area contributed by atoms with Crippen molar-refractivity contribution in [1.29, 1.82) is 0 Å². The number of rotatable bonds is 7. The number of ether oxygens (including phenoxy) is 1. The highest BCUT2D eigenvalue weighted by molar-refractivity contribution is 6.35. The van der Waals surface area contributed by atoms with E-state index in [9.17, 15) is 4.39 Å². The number of para-hydroxylation sites is 1. The van der Waals surface area contributed by atoms with Gasteiger partial charge in [-0.15, -0.1) is 0 Å². The second-order valence-electron chi connectivity index (χ2n) is 5.75. The number of nitrogens with one attached hydrogen (secondary N) is 1. The van der Waals surface area contributed by atoms with Crippen LogP contribution in [-0.4, -0.2) is 6.21 Å². The molecule has 0 saturated heterocycles. The summed E-state index contributed by atoms with van der Waals surface area (Å²) in [7, 11) is 0. The Labute approximate surface area is 167 Å². The fraction of sp³-hybridized carbons (Fsp3) is 0.0952. The molecule has 3 aromatic rings. The summed E-state index contributed by atoms with van der Waals surface area (Å²) in [6.45, 7) is 0.751. The van der Waals surface area contributed by atoms with E-state index in [4.69, 9.17) is 27.9 Å². The molecule has 6 heteroatoms. The quantitative estimate of drug-likeness (QED) is 0.398. The molecule has 0 aromatic heterocycles. The van der Waals surface area contributed by atoms with Gasteiger partial charge in [0, 0.05) is 21.2 Å². The average molecular weight is 403 g/mol. The van der Waals surface area contributed by atoms with E-state index in [1.807, 2.05) is 24.3 Å². The largest absolute Gasteiger partial charge is 0.488 e. The van der Waals surface area contributed by atoms with Crippen molar-refractivity contribution in [3.8, 4) is 5.75 Å². The summed E-state index contributed by atoms with van der Waals surface area (Å²) in [6.07, 6.45) is 1.67. The summed E-state index contributed by atoms with van der Waals surface area (Å²) in [6, 6.07) is 19.1. The van der Waals surface area contributed by atoms with Crippen molar-refractivity contribution in [2.45, 2.75) is 13.2 Å². The molecule has 0 aliphatic rings. The van der Waals surface area contributed by atoms with Crippen LogP contribution in [0, 0.1) is 5.82 Å². The molecule has 27 heavy (non-hydrogen) atoms. The van der Waals surface area contributed by atoms with Crippen LogP contribution in [0.15, 0.2) is 71.8 Å². The van der Waals surface area contributed by atoms with Gasteiger partial charge in [0.25, 0.3) is 0 Å². The van der Waals surface area contributed by atoms with Crippen LogP contribution in [0.1, 0.15) is 16.7 Å². The Balaban J connectivity index is 1.61. The van der Waals surface area contributed by atoms with E-state index in [1.54, 1.807) is 36.5 Å². The standard InChI is InChI=1S/C21H17Cl2FN2O/c22-19-5-3-6-20(23)18(19)13-26-25-12-16-4-1-2-7-21(16)27-14-15-8-10-17(24)11-9-15/h1-12,26H,13-14H2/b25-12+. The molecule has 0 amide bonds. The predicted octanol–water partition coefficient (Wildman–Crippen LogP) is 5.84. The summed E-state index contributed by atoms with van der Waals surface area (Å²) in [5, 5.41) is 5.41. The molecule has 0 spiro atoms. The molecule has 0 unspecified atom stereocenters. The van der Waals surface area contributed by atoms with Gasteiger partial charge in [-0.05, 0) is 42.0 Å². The van der Waals surface area contributed by atoms with Gasteiger partial charge in [-0.1, -0.05) is 53.5 Å². The maximum Gasteiger partial charge on any atom is 0.128 e. The number of hydrogen-bond acceptors (Lipinski definition) is 3. The van der Waals surface area contributed by atoms with Crippen LogP contribution in [0.5, 0.6) is 5.75 Å². The molecule has 0 aliphatic heterocycles. The molecule has 0 fully saturated rings. The molecular weight excluding hydrogens is 386 g/mol. The number of hydrogen-bond donors (Lipinski definition) is 1. The Hall–Kier alpha value is -2.56. The lowest BCUT2D eigenvalue weighted by Crippen LogP contribution is -2.07. The molecule has 3 aromatic carbocycles.